The van der Waals surface area contributed by atoms with E-state index in [1.807, 2.05) is 0 Å². The highest BCUT2D eigenvalue weighted by atomic mass is 35.7. The molecule has 0 spiro atoms. The average Bonchev–Trinajstić information content (AvgIpc) is 1.88. The molecule has 0 unspecified atom stereocenters. The van der Waals surface area contributed by atoms with E-state index in [9.17, 15) is 8.42 Å². The molecule has 56 valence electrons. The molecule has 3 nitrogen and oxygen atoms in total. The van der Waals surface area contributed by atoms with Crippen molar-refractivity contribution < 1.29 is 8.42 Å². The van der Waals surface area contributed by atoms with Gasteiger partial charge in [-0.2, -0.15) is 0 Å². The summed E-state index contributed by atoms with van der Waals surface area (Å²) in [5.74, 6) is 0.567. The Labute approximate surface area is 67.6 Å². The molecule has 0 saturated heterocycles. The van der Waals surface area contributed by atoms with Crippen LogP contribution in [0, 0.1) is 0 Å². The molecule has 0 saturated carbocycles. The first-order valence-electron chi connectivity index (χ1n) is 2.40. The van der Waals surface area contributed by atoms with Crippen LogP contribution in [-0.2, 0) is 9.05 Å². The first-order chi connectivity index (χ1) is 4.61. The van der Waals surface area contributed by atoms with Crippen molar-refractivity contribution in [3.05, 3.63) is 10.4 Å². The smallest absolute Gasteiger partial charge is 0.266 e. The first kappa shape index (κ1) is 8.10. The maximum Gasteiger partial charge on any atom is 0.268 e. The van der Waals surface area contributed by atoms with Gasteiger partial charge in [-0.15, -0.1) is 11.8 Å². The second-order valence-electron chi connectivity index (χ2n) is 1.53. The number of hydrogen-bond donors (Lipinski definition) is 0. The van der Waals surface area contributed by atoms with E-state index in [4.69, 9.17) is 10.7 Å². The van der Waals surface area contributed by atoms with E-state index in [1.54, 1.807) is 6.21 Å². The van der Waals surface area contributed by atoms with Gasteiger partial charge in [-0.3, -0.25) is 4.99 Å². The molecule has 0 radical (unpaired) electrons. The van der Waals surface area contributed by atoms with Crippen molar-refractivity contribution >= 4 is 37.7 Å². The van der Waals surface area contributed by atoms with Gasteiger partial charge in [-0.05, 0) is 0 Å². The molecule has 0 aliphatic carbocycles. The average molecular weight is 198 g/mol. The lowest BCUT2D eigenvalue weighted by Gasteiger charge is -2.01. The Morgan fingerprint density at radius 2 is 2.40 bits per heavy atom. The van der Waals surface area contributed by atoms with Crippen LogP contribution in [0.3, 0.4) is 0 Å². The van der Waals surface area contributed by atoms with E-state index in [1.165, 1.54) is 6.20 Å². The van der Waals surface area contributed by atoms with Crippen molar-refractivity contribution in [2.24, 2.45) is 4.99 Å². The van der Waals surface area contributed by atoms with Crippen molar-refractivity contribution in [2.45, 2.75) is 0 Å². The van der Waals surface area contributed by atoms with Gasteiger partial charge in [0.25, 0.3) is 9.05 Å². The van der Waals surface area contributed by atoms with Crippen LogP contribution in [0.25, 0.3) is 0 Å². The van der Waals surface area contributed by atoms with Gasteiger partial charge >= 0.3 is 0 Å². The third-order valence-electron chi connectivity index (χ3n) is 0.826. The van der Waals surface area contributed by atoms with Crippen molar-refractivity contribution in [2.75, 3.05) is 5.75 Å². The number of hydrogen-bond acceptors (Lipinski definition) is 4. The second-order valence-corrected chi connectivity index (χ2v) is 5.38. The lowest BCUT2D eigenvalue weighted by molar-refractivity contribution is 0.616. The minimum Gasteiger partial charge on any atom is -0.266 e. The predicted molar refractivity (Wildman–Crippen MR) is 43.8 cm³/mol. The summed E-state index contributed by atoms with van der Waals surface area (Å²) < 4.78 is 21.3. The maximum atomic E-state index is 10.6. The molecule has 0 aromatic carbocycles. The zero-order valence-corrected chi connectivity index (χ0v) is 7.21. The third kappa shape index (κ3) is 2.00. The number of rotatable bonds is 1. The largest absolute Gasteiger partial charge is 0.268 e. The summed E-state index contributed by atoms with van der Waals surface area (Å²) in [5.41, 5.74) is 0. The molecule has 1 aliphatic rings. The molecule has 0 aromatic rings. The normalized spacial score (nSPS) is 18.7. The van der Waals surface area contributed by atoms with Crippen LogP contribution in [0.1, 0.15) is 0 Å². The summed E-state index contributed by atoms with van der Waals surface area (Å²) in [4.78, 5) is 3.65. The molecular formula is C4H4ClNO2S2. The Bertz CT molecular complexity index is 280. The summed E-state index contributed by atoms with van der Waals surface area (Å²) in [6.07, 6.45) is 2.87. The molecule has 0 N–H and O–H groups in total. The summed E-state index contributed by atoms with van der Waals surface area (Å²) in [7, 11) is 1.48. The van der Waals surface area contributed by atoms with E-state index < -0.39 is 9.05 Å². The molecule has 1 heterocycles. The van der Waals surface area contributed by atoms with Crippen LogP contribution in [0.5, 0.6) is 0 Å². The van der Waals surface area contributed by atoms with Crippen LogP contribution in [0.15, 0.2) is 15.4 Å². The zero-order chi connectivity index (χ0) is 7.61. The van der Waals surface area contributed by atoms with E-state index in [-0.39, 0.29) is 4.24 Å². The topological polar surface area (TPSA) is 46.5 Å². The van der Waals surface area contributed by atoms with Gasteiger partial charge in [0.2, 0.25) is 0 Å². The highest BCUT2D eigenvalue weighted by Gasteiger charge is 2.15. The second kappa shape index (κ2) is 2.94. The summed E-state index contributed by atoms with van der Waals surface area (Å²) in [5, 5.41) is 0. The van der Waals surface area contributed by atoms with Crippen LogP contribution in [0.4, 0.5) is 0 Å². The van der Waals surface area contributed by atoms with Gasteiger partial charge < -0.3 is 0 Å². The predicted octanol–water partition coefficient (Wildman–Crippen LogP) is 1.17. The molecule has 0 bridgehead atoms. The number of aliphatic imine (C=N–C) groups is 1. The van der Waals surface area contributed by atoms with Crippen LogP contribution in [-0.4, -0.2) is 20.4 Å². The first-order valence-corrected chi connectivity index (χ1v) is 5.69. The Balaban J connectivity index is 2.93. The Morgan fingerprint density at radius 1 is 1.70 bits per heavy atom. The molecule has 10 heavy (non-hydrogen) atoms. The van der Waals surface area contributed by atoms with Crippen LogP contribution in [0.2, 0.25) is 0 Å². The van der Waals surface area contributed by atoms with Gasteiger partial charge in [-0.25, -0.2) is 8.42 Å². The van der Waals surface area contributed by atoms with Crippen molar-refractivity contribution in [3.63, 3.8) is 0 Å². The van der Waals surface area contributed by atoms with E-state index in [2.05, 4.69) is 4.99 Å². The van der Waals surface area contributed by atoms with Gasteiger partial charge in [0.1, 0.15) is 4.24 Å². The van der Waals surface area contributed by atoms with Crippen molar-refractivity contribution in [1.29, 1.82) is 0 Å². The Hall–Kier alpha value is -0.000000000000000111. The standard InChI is InChI=1S/C4H4ClNO2S2/c5-10(7,8)4-3-6-1-2-9-4/h1,3H,2H2. The quantitative estimate of drug-likeness (QED) is 0.593. The Morgan fingerprint density at radius 3 is 2.70 bits per heavy atom. The number of thioether (sulfide) groups is 1. The molecule has 1 rings (SSSR count). The summed E-state index contributed by atoms with van der Waals surface area (Å²) in [6.45, 7) is 0. The lowest BCUT2D eigenvalue weighted by atomic mass is 10.8. The van der Waals surface area contributed by atoms with Gasteiger partial charge in [-0.1, -0.05) is 0 Å². The zero-order valence-electron chi connectivity index (χ0n) is 4.82. The van der Waals surface area contributed by atoms with E-state index in [0.29, 0.717) is 5.75 Å². The lowest BCUT2D eigenvalue weighted by Crippen LogP contribution is -1.96. The fraction of sp³-hybridized carbons (Fsp3) is 0.250. The molecule has 1 aliphatic heterocycles. The maximum absolute atomic E-state index is 10.6. The minimum absolute atomic E-state index is 0.122. The number of nitrogens with zero attached hydrogens (tertiary/aromatic N) is 1. The van der Waals surface area contributed by atoms with Crippen molar-refractivity contribution in [1.82, 2.24) is 0 Å². The number of halogens is 1. The van der Waals surface area contributed by atoms with Crippen molar-refractivity contribution in [3.8, 4) is 0 Å². The SMILES string of the molecule is O=S(=O)(Cl)C1=CN=CCS1. The van der Waals surface area contributed by atoms with E-state index in [0.717, 1.165) is 11.8 Å². The van der Waals surface area contributed by atoms with E-state index >= 15 is 0 Å². The molecular weight excluding hydrogens is 194 g/mol. The molecule has 0 amide bonds. The molecule has 0 atom stereocenters. The third-order valence-corrected chi connectivity index (χ3v) is 3.90. The van der Waals surface area contributed by atoms with Gasteiger partial charge in [0.15, 0.2) is 0 Å². The highest BCUT2D eigenvalue weighted by molar-refractivity contribution is 8.29. The fourth-order valence-corrected chi connectivity index (χ4v) is 2.38. The molecule has 0 aromatic heterocycles. The van der Waals surface area contributed by atoms with Gasteiger partial charge in [0.05, 0.1) is 6.20 Å². The fourth-order valence-electron chi connectivity index (χ4n) is 0.447. The highest BCUT2D eigenvalue weighted by Crippen LogP contribution is 2.26. The van der Waals surface area contributed by atoms with Crippen LogP contribution >= 0.6 is 22.4 Å². The summed E-state index contributed by atoms with van der Waals surface area (Å²) in [6, 6.07) is 0. The monoisotopic (exact) mass is 197 g/mol. The Kier molecular flexibility index (Phi) is 2.38. The molecule has 0 fully saturated rings. The van der Waals surface area contributed by atoms with Crippen LogP contribution < -0.4 is 0 Å². The summed E-state index contributed by atoms with van der Waals surface area (Å²) >= 11 is 1.16. The molecule has 6 heteroatoms. The minimum atomic E-state index is -3.54. The van der Waals surface area contributed by atoms with Gasteiger partial charge in [0, 0.05) is 22.6 Å².